The van der Waals surface area contributed by atoms with E-state index < -0.39 is 0 Å². The van der Waals surface area contributed by atoms with Gasteiger partial charge in [-0.15, -0.1) is 0 Å². The summed E-state index contributed by atoms with van der Waals surface area (Å²) in [6.45, 7) is 11.0. The van der Waals surface area contributed by atoms with E-state index in [1.807, 2.05) is 0 Å². The molecule has 1 N–H and O–H groups in total. The molecular weight excluding hydrogens is 442 g/mol. The molecule has 1 heterocycles. The smallest absolute Gasteiger partial charge is 0.310 e. The van der Waals surface area contributed by atoms with Crippen LogP contribution in [-0.4, -0.2) is 25.2 Å². The minimum Gasteiger partial charge on any atom is -0.462 e. The van der Waals surface area contributed by atoms with E-state index in [-0.39, 0.29) is 18.0 Å². The van der Waals surface area contributed by atoms with Gasteiger partial charge in [0.1, 0.15) is 6.10 Å². The number of esters is 1. The number of unbranched alkanes of at least 4 members (excludes halogenated alkanes) is 15. The normalized spacial score (nSPS) is 29.7. The maximum absolute atomic E-state index is 12.7. The predicted octanol–water partition coefficient (Wildman–Crippen LogP) is 9.15. The third-order valence-electron chi connectivity index (χ3n) is 9.89. The minimum absolute atomic E-state index is 0.0512. The van der Waals surface area contributed by atoms with Crippen molar-refractivity contribution in [2.24, 2.45) is 23.2 Å². The van der Waals surface area contributed by atoms with Crippen molar-refractivity contribution in [2.75, 3.05) is 13.1 Å². The number of fused-ring (bicyclic) bond motifs is 2. The topological polar surface area (TPSA) is 38.3 Å². The largest absolute Gasteiger partial charge is 0.462 e. The molecule has 3 rings (SSSR count). The summed E-state index contributed by atoms with van der Waals surface area (Å²) in [6.07, 6.45) is 28.5. The Morgan fingerprint density at radius 1 is 0.889 bits per heavy atom. The molecule has 2 aliphatic carbocycles. The van der Waals surface area contributed by atoms with Crippen LogP contribution < -0.4 is 5.32 Å². The van der Waals surface area contributed by atoms with E-state index in [0.29, 0.717) is 17.3 Å². The second-order valence-corrected chi connectivity index (χ2v) is 12.9. The zero-order chi connectivity index (χ0) is 25.6. The fraction of sp³-hybridized carbons (Fsp3) is 0.909. The summed E-state index contributed by atoms with van der Waals surface area (Å²) in [5.41, 5.74) is 1.73. The summed E-state index contributed by atoms with van der Waals surface area (Å²) in [6, 6.07) is 0. The van der Waals surface area contributed by atoms with Gasteiger partial charge >= 0.3 is 5.97 Å². The lowest BCUT2D eigenvalue weighted by Crippen LogP contribution is -2.45. The molecule has 36 heavy (non-hydrogen) atoms. The molecule has 2 saturated carbocycles. The van der Waals surface area contributed by atoms with Crippen LogP contribution in [0.4, 0.5) is 0 Å². The van der Waals surface area contributed by atoms with Crippen molar-refractivity contribution in [1.29, 1.82) is 0 Å². The van der Waals surface area contributed by atoms with E-state index in [9.17, 15) is 4.79 Å². The SMILES string of the molecule is C=C1CCCC2(C)CC3OC(=O)C(CNCCCCCCCCCCCCCCCCCC)C3CC12. The molecule has 0 spiro atoms. The molecule has 0 amide bonds. The monoisotopic (exact) mass is 501 g/mol. The number of rotatable bonds is 19. The Kier molecular flexibility index (Phi) is 13.4. The molecule has 0 aromatic heterocycles. The van der Waals surface area contributed by atoms with Crippen molar-refractivity contribution < 1.29 is 9.53 Å². The van der Waals surface area contributed by atoms with Crippen LogP contribution in [0, 0.1) is 23.2 Å². The Balaban J connectivity index is 1.14. The maximum atomic E-state index is 12.7. The highest BCUT2D eigenvalue weighted by atomic mass is 16.6. The third-order valence-corrected chi connectivity index (χ3v) is 9.89. The Labute approximate surface area is 224 Å². The van der Waals surface area contributed by atoms with Crippen LogP contribution in [0.5, 0.6) is 0 Å². The Hall–Kier alpha value is -0.830. The number of allylic oxidation sites excluding steroid dienone is 1. The van der Waals surface area contributed by atoms with Crippen LogP contribution in [0.15, 0.2) is 12.2 Å². The van der Waals surface area contributed by atoms with Crippen LogP contribution in [-0.2, 0) is 9.53 Å². The van der Waals surface area contributed by atoms with E-state index in [0.717, 1.165) is 25.9 Å². The van der Waals surface area contributed by atoms with E-state index >= 15 is 0 Å². The molecule has 3 fully saturated rings. The summed E-state index contributed by atoms with van der Waals surface area (Å²) in [4.78, 5) is 12.7. The molecule has 3 heteroatoms. The number of hydrogen-bond donors (Lipinski definition) is 1. The lowest BCUT2D eigenvalue weighted by atomic mass is 9.55. The van der Waals surface area contributed by atoms with Gasteiger partial charge in [-0.3, -0.25) is 4.79 Å². The van der Waals surface area contributed by atoms with Crippen LogP contribution >= 0.6 is 0 Å². The maximum Gasteiger partial charge on any atom is 0.310 e. The number of ether oxygens (including phenoxy) is 1. The fourth-order valence-electron chi connectivity index (χ4n) is 7.55. The van der Waals surface area contributed by atoms with Gasteiger partial charge < -0.3 is 10.1 Å². The van der Waals surface area contributed by atoms with Gasteiger partial charge in [0.05, 0.1) is 5.92 Å². The van der Waals surface area contributed by atoms with Gasteiger partial charge in [0.2, 0.25) is 0 Å². The Morgan fingerprint density at radius 3 is 2.03 bits per heavy atom. The van der Waals surface area contributed by atoms with Crippen molar-refractivity contribution in [1.82, 2.24) is 5.32 Å². The number of carbonyl (C=O) groups excluding carboxylic acids is 1. The number of nitrogens with one attached hydrogen (secondary N) is 1. The van der Waals surface area contributed by atoms with E-state index in [4.69, 9.17) is 4.74 Å². The van der Waals surface area contributed by atoms with Gasteiger partial charge in [-0.2, -0.15) is 0 Å². The number of hydrogen-bond acceptors (Lipinski definition) is 3. The first-order valence-electron chi connectivity index (χ1n) is 16.1. The lowest BCUT2D eigenvalue weighted by Gasteiger charge is -2.50. The van der Waals surface area contributed by atoms with Crippen LogP contribution in [0.25, 0.3) is 0 Å². The standard InChI is InChI=1S/C33H59NO2/c1-4-5-6-7-8-9-10-11-12-13-14-15-16-17-18-19-23-34-26-29-28-24-30-27(2)21-20-22-33(30,3)25-31(28)36-32(29)35/h28-31,34H,2,4-26H2,1,3H3. The highest BCUT2D eigenvalue weighted by Gasteiger charge is 2.54. The highest BCUT2D eigenvalue weighted by Crippen LogP contribution is 2.56. The van der Waals surface area contributed by atoms with E-state index in [2.05, 4.69) is 25.7 Å². The van der Waals surface area contributed by atoms with Crippen LogP contribution in [0.2, 0.25) is 0 Å². The fourth-order valence-corrected chi connectivity index (χ4v) is 7.55. The second kappa shape index (κ2) is 16.2. The second-order valence-electron chi connectivity index (χ2n) is 12.9. The average molecular weight is 502 g/mol. The van der Waals surface area contributed by atoms with Crippen molar-refractivity contribution in [3.8, 4) is 0 Å². The van der Waals surface area contributed by atoms with Crippen LogP contribution in [0.1, 0.15) is 149 Å². The average Bonchev–Trinajstić information content (AvgIpc) is 3.15. The van der Waals surface area contributed by atoms with Crippen molar-refractivity contribution >= 4 is 5.97 Å². The summed E-state index contributed by atoms with van der Waals surface area (Å²) >= 11 is 0. The molecule has 5 unspecified atom stereocenters. The molecule has 0 aromatic rings. The molecule has 0 aromatic carbocycles. The first-order chi connectivity index (χ1) is 17.5. The lowest BCUT2D eigenvalue weighted by molar-refractivity contribution is -0.146. The molecule has 0 radical (unpaired) electrons. The molecule has 5 atom stereocenters. The summed E-state index contributed by atoms with van der Waals surface area (Å²) in [5, 5.41) is 3.61. The Bertz CT molecular complexity index is 646. The minimum atomic E-state index is 0.0512. The van der Waals surface area contributed by atoms with Crippen LogP contribution in [0.3, 0.4) is 0 Å². The summed E-state index contributed by atoms with van der Waals surface area (Å²) < 4.78 is 5.91. The molecule has 3 nitrogen and oxygen atoms in total. The predicted molar refractivity (Wildman–Crippen MR) is 153 cm³/mol. The van der Waals surface area contributed by atoms with Gasteiger partial charge in [-0.05, 0) is 56.4 Å². The van der Waals surface area contributed by atoms with Crippen molar-refractivity contribution in [3.63, 3.8) is 0 Å². The molecule has 3 aliphatic rings. The van der Waals surface area contributed by atoms with E-state index in [1.165, 1.54) is 128 Å². The van der Waals surface area contributed by atoms with E-state index in [1.54, 1.807) is 0 Å². The first kappa shape index (κ1) is 29.7. The zero-order valence-electron chi connectivity index (χ0n) is 24.1. The summed E-state index contributed by atoms with van der Waals surface area (Å²) in [5.74, 6) is 1.08. The van der Waals surface area contributed by atoms with Gasteiger partial charge in [-0.1, -0.05) is 122 Å². The van der Waals surface area contributed by atoms with Crippen molar-refractivity contribution in [3.05, 3.63) is 12.2 Å². The molecule has 1 saturated heterocycles. The summed E-state index contributed by atoms with van der Waals surface area (Å²) in [7, 11) is 0. The third kappa shape index (κ3) is 9.17. The van der Waals surface area contributed by atoms with Gasteiger partial charge in [0.25, 0.3) is 0 Å². The molecule has 208 valence electrons. The zero-order valence-corrected chi connectivity index (χ0v) is 24.1. The quantitative estimate of drug-likeness (QED) is 0.109. The highest BCUT2D eigenvalue weighted by molar-refractivity contribution is 5.75. The first-order valence-corrected chi connectivity index (χ1v) is 16.1. The van der Waals surface area contributed by atoms with Crippen molar-refractivity contribution in [2.45, 2.75) is 155 Å². The van der Waals surface area contributed by atoms with Gasteiger partial charge in [0, 0.05) is 12.5 Å². The number of carbonyl (C=O) groups is 1. The van der Waals surface area contributed by atoms with Gasteiger partial charge in [0.15, 0.2) is 0 Å². The van der Waals surface area contributed by atoms with Gasteiger partial charge in [-0.25, -0.2) is 0 Å². The molecule has 0 bridgehead atoms. The molecular formula is C33H59NO2. The Morgan fingerprint density at radius 2 is 1.44 bits per heavy atom. The molecule has 1 aliphatic heterocycles.